The molecule has 0 radical (unpaired) electrons. The highest BCUT2D eigenvalue weighted by Crippen LogP contribution is 2.70. The number of aromatic nitrogens is 4. The van der Waals surface area contributed by atoms with E-state index in [1.165, 1.54) is 0 Å². The zero-order valence-corrected chi connectivity index (χ0v) is 20.6. The highest BCUT2D eigenvalue weighted by atomic mass is 32.2. The lowest BCUT2D eigenvalue weighted by Gasteiger charge is -2.30. The van der Waals surface area contributed by atoms with Gasteiger partial charge in [0, 0.05) is 35.2 Å². The molecule has 2 N–H and O–H groups in total. The molecule has 6 rings (SSSR count). The normalized spacial score (nSPS) is 27.0. The van der Waals surface area contributed by atoms with Crippen molar-refractivity contribution in [2.24, 2.45) is 17.3 Å². The van der Waals surface area contributed by atoms with Gasteiger partial charge in [-0.25, -0.2) is 17.2 Å². The molecule has 0 bridgehead atoms. The second-order valence-corrected chi connectivity index (χ2v) is 12.8. The third kappa shape index (κ3) is 3.66. The minimum absolute atomic E-state index is 0.0762. The van der Waals surface area contributed by atoms with Gasteiger partial charge in [0.2, 0.25) is 0 Å². The lowest BCUT2D eigenvalue weighted by atomic mass is 9.87. The quantitative estimate of drug-likeness (QED) is 0.539. The first kappa shape index (κ1) is 23.3. The van der Waals surface area contributed by atoms with Crippen molar-refractivity contribution >= 4 is 21.4 Å². The van der Waals surface area contributed by atoms with Crippen LogP contribution in [0.1, 0.15) is 53.1 Å². The van der Waals surface area contributed by atoms with Crippen LogP contribution in [-0.2, 0) is 22.7 Å². The lowest BCUT2D eigenvalue weighted by Crippen LogP contribution is -2.30. The van der Waals surface area contributed by atoms with Crippen molar-refractivity contribution in [2.45, 2.75) is 44.6 Å². The number of carbonyl (C=O) groups is 1. The molecule has 0 spiro atoms. The molecule has 190 valence electrons. The molecule has 3 atom stereocenters. The van der Waals surface area contributed by atoms with Crippen molar-refractivity contribution in [2.75, 3.05) is 16.8 Å². The summed E-state index contributed by atoms with van der Waals surface area (Å²) in [5.74, 6) is -3.60. The van der Waals surface area contributed by atoms with E-state index in [1.54, 1.807) is 24.0 Å². The maximum atomic E-state index is 14.2. The van der Waals surface area contributed by atoms with Gasteiger partial charge in [0.1, 0.15) is 9.84 Å². The van der Waals surface area contributed by atoms with Crippen molar-refractivity contribution < 1.29 is 22.0 Å². The number of hydrogen-bond donors (Lipinski definition) is 2. The first-order valence-corrected chi connectivity index (χ1v) is 14.0. The number of carbonyl (C=O) groups excluding carboxylic acids is 1. The predicted octanol–water partition coefficient (Wildman–Crippen LogP) is 3.64. The van der Waals surface area contributed by atoms with Crippen LogP contribution >= 0.6 is 0 Å². The summed E-state index contributed by atoms with van der Waals surface area (Å²) in [5.41, 5.74) is 1.70. The van der Waals surface area contributed by atoms with Gasteiger partial charge in [0.25, 0.3) is 11.8 Å². The summed E-state index contributed by atoms with van der Waals surface area (Å²) in [6, 6.07) is 9.59. The van der Waals surface area contributed by atoms with Gasteiger partial charge in [0.15, 0.2) is 5.69 Å². The number of aromatic amines is 1. The minimum atomic E-state index is -3.01. The van der Waals surface area contributed by atoms with Gasteiger partial charge in [-0.05, 0) is 30.7 Å². The van der Waals surface area contributed by atoms with Crippen LogP contribution in [0.4, 0.5) is 14.5 Å². The molecule has 3 heterocycles. The molecule has 3 unspecified atom stereocenters. The van der Waals surface area contributed by atoms with E-state index in [-0.39, 0.29) is 42.0 Å². The molecule has 11 heteroatoms. The zero-order valence-electron chi connectivity index (χ0n) is 19.7. The Bertz CT molecular complexity index is 1420. The van der Waals surface area contributed by atoms with Crippen LogP contribution in [0, 0.1) is 17.3 Å². The summed E-state index contributed by atoms with van der Waals surface area (Å²) in [6.07, 6.45) is 4.63. The maximum Gasteiger partial charge on any atom is 0.276 e. The topological polar surface area (TPSA) is 110 Å². The number of fused-ring (bicyclic) bond motifs is 2. The predicted molar refractivity (Wildman–Crippen MR) is 129 cm³/mol. The van der Waals surface area contributed by atoms with Gasteiger partial charge in [-0.2, -0.15) is 10.2 Å². The van der Waals surface area contributed by atoms with Gasteiger partial charge in [-0.1, -0.05) is 37.3 Å². The van der Waals surface area contributed by atoms with Crippen LogP contribution in [0.15, 0.2) is 42.7 Å². The molecule has 2 aliphatic carbocycles. The third-order valence-electron chi connectivity index (χ3n) is 8.34. The summed E-state index contributed by atoms with van der Waals surface area (Å²) >= 11 is 0. The number of halogens is 2. The van der Waals surface area contributed by atoms with Crippen LogP contribution < -0.4 is 5.32 Å². The number of hydrogen-bond acceptors (Lipinski definition) is 5. The molecule has 1 aliphatic heterocycles. The molecule has 3 aliphatic rings. The fourth-order valence-electron chi connectivity index (χ4n) is 6.06. The first-order valence-electron chi connectivity index (χ1n) is 12.1. The third-order valence-corrected chi connectivity index (χ3v) is 10.1. The largest absolute Gasteiger partial charge is 0.318 e. The van der Waals surface area contributed by atoms with Crippen molar-refractivity contribution in [1.82, 2.24) is 20.0 Å². The van der Waals surface area contributed by atoms with E-state index in [0.717, 1.165) is 5.56 Å². The summed E-state index contributed by atoms with van der Waals surface area (Å²) in [5, 5.41) is 14.2. The molecular formula is C25H27F2N5O3S. The Balaban J connectivity index is 1.22. The fourth-order valence-corrected chi connectivity index (χ4v) is 7.58. The fraction of sp³-hybridized carbons (Fsp3) is 0.480. The van der Waals surface area contributed by atoms with E-state index in [9.17, 15) is 22.0 Å². The van der Waals surface area contributed by atoms with Crippen LogP contribution in [0.3, 0.4) is 0 Å². The van der Waals surface area contributed by atoms with E-state index < -0.39 is 33.0 Å². The zero-order chi connectivity index (χ0) is 25.3. The molecule has 1 aromatic carbocycles. The molecule has 36 heavy (non-hydrogen) atoms. The number of anilines is 1. The Hall–Kier alpha value is -3.08. The molecule has 1 saturated carbocycles. The average Bonchev–Trinajstić information content (AvgIpc) is 3.26. The number of benzene rings is 1. The molecule has 1 amide bonds. The molecule has 8 nitrogen and oxygen atoms in total. The van der Waals surface area contributed by atoms with Gasteiger partial charge in [-0.15, -0.1) is 0 Å². The Morgan fingerprint density at radius 3 is 2.67 bits per heavy atom. The number of H-pyrrole nitrogens is 1. The van der Waals surface area contributed by atoms with Crippen LogP contribution in [0.5, 0.6) is 0 Å². The van der Waals surface area contributed by atoms with Crippen molar-refractivity contribution in [1.29, 1.82) is 0 Å². The van der Waals surface area contributed by atoms with Crippen molar-refractivity contribution in [3.8, 4) is 0 Å². The van der Waals surface area contributed by atoms with Crippen LogP contribution in [-0.4, -0.2) is 51.7 Å². The highest BCUT2D eigenvalue weighted by Gasteiger charge is 2.78. The summed E-state index contributed by atoms with van der Waals surface area (Å²) in [4.78, 5) is 13.0. The molecule has 1 saturated heterocycles. The van der Waals surface area contributed by atoms with E-state index in [4.69, 9.17) is 0 Å². The van der Waals surface area contributed by atoms with E-state index in [1.807, 2.05) is 30.3 Å². The van der Waals surface area contributed by atoms with Crippen LogP contribution in [0.2, 0.25) is 0 Å². The Labute approximate surface area is 207 Å². The van der Waals surface area contributed by atoms with Crippen LogP contribution in [0.25, 0.3) is 0 Å². The first-order chi connectivity index (χ1) is 17.1. The summed E-state index contributed by atoms with van der Waals surface area (Å²) in [7, 11) is -3.01. The monoisotopic (exact) mass is 515 g/mol. The molecule has 3 aromatic rings. The van der Waals surface area contributed by atoms with E-state index in [2.05, 4.69) is 20.6 Å². The Morgan fingerprint density at radius 2 is 1.94 bits per heavy atom. The SMILES string of the molecule is CC12Cc3[nH]nc(C(=O)Nc4cnn(C(c5ccccc5)C5CCS(=O)(=O)CC5)c4)c3CC1C2(F)F. The number of amides is 1. The number of rotatable bonds is 5. The summed E-state index contributed by atoms with van der Waals surface area (Å²) in [6.45, 7) is 1.58. The summed E-state index contributed by atoms with van der Waals surface area (Å²) < 4.78 is 54.2. The highest BCUT2D eigenvalue weighted by molar-refractivity contribution is 7.91. The number of nitrogens with zero attached hydrogens (tertiary/aromatic N) is 3. The molecule has 2 aromatic heterocycles. The standard InChI is InChI=1S/C25H27F2N5O3S/c1-24-12-19-18(11-20(24)25(24,26)27)21(31-30-19)23(33)29-17-13-28-32(14-17)22(15-5-3-2-4-6-15)16-7-9-36(34,35)10-8-16/h2-6,13-14,16,20,22H,7-12H2,1H3,(H,29,33)(H,30,31). The average molecular weight is 516 g/mol. The molecular weight excluding hydrogens is 488 g/mol. The van der Waals surface area contributed by atoms with Gasteiger partial charge in [-0.3, -0.25) is 14.6 Å². The second-order valence-electron chi connectivity index (χ2n) is 10.5. The smallest absolute Gasteiger partial charge is 0.276 e. The van der Waals surface area contributed by atoms with Crippen molar-refractivity contribution in [3.05, 3.63) is 65.2 Å². The van der Waals surface area contributed by atoms with Gasteiger partial charge < -0.3 is 5.32 Å². The molecule has 2 fully saturated rings. The maximum absolute atomic E-state index is 14.2. The van der Waals surface area contributed by atoms with Crippen molar-refractivity contribution in [3.63, 3.8) is 0 Å². The second kappa shape index (κ2) is 7.96. The van der Waals surface area contributed by atoms with E-state index in [0.29, 0.717) is 29.8 Å². The Morgan fingerprint density at radius 1 is 1.22 bits per heavy atom. The van der Waals surface area contributed by atoms with Gasteiger partial charge >= 0.3 is 0 Å². The number of nitrogens with one attached hydrogen (secondary N) is 2. The number of alkyl halides is 2. The Kier molecular flexibility index (Phi) is 5.16. The van der Waals surface area contributed by atoms with Gasteiger partial charge in [0.05, 0.1) is 29.4 Å². The van der Waals surface area contributed by atoms with E-state index >= 15 is 0 Å². The minimum Gasteiger partial charge on any atom is -0.318 e. The number of sulfone groups is 1. The lowest BCUT2D eigenvalue weighted by molar-refractivity contribution is 0.0630.